The maximum Gasteiger partial charge on any atom is 0.226 e. The Morgan fingerprint density at radius 2 is 1.64 bits per heavy atom. The Labute approximate surface area is 264 Å². The van der Waals surface area contributed by atoms with Crippen LogP contribution >= 0.6 is 11.6 Å². The molecular formula is C33H32ClF3N2O5S. The summed E-state index contributed by atoms with van der Waals surface area (Å²) >= 11 is 6.07. The molecule has 2 amide bonds. The Bertz CT molecular complexity index is 1760. The van der Waals surface area contributed by atoms with Crippen molar-refractivity contribution in [3.8, 4) is 5.75 Å². The molecule has 238 valence electrons. The average molecular weight is 661 g/mol. The smallest absolute Gasteiger partial charge is 0.226 e. The molecule has 3 aromatic rings. The van der Waals surface area contributed by atoms with Crippen molar-refractivity contribution in [2.24, 2.45) is 5.92 Å². The molecule has 0 radical (unpaired) electrons. The zero-order valence-electron chi connectivity index (χ0n) is 24.6. The van der Waals surface area contributed by atoms with Gasteiger partial charge in [-0.1, -0.05) is 17.7 Å². The lowest BCUT2D eigenvalue weighted by Gasteiger charge is -2.43. The van der Waals surface area contributed by atoms with Gasteiger partial charge in [0.25, 0.3) is 0 Å². The van der Waals surface area contributed by atoms with Crippen LogP contribution in [0.25, 0.3) is 0 Å². The van der Waals surface area contributed by atoms with E-state index >= 15 is 0 Å². The molecule has 3 aromatic carbocycles. The number of ether oxygens (including phenoxy) is 1. The molecule has 0 aromatic heterocycles. The second-order valence-corrected chi connectivity index (χ2v) is 14.5. The predicted octanol–water partition coefficient (Wildman–Crippen LogP) is 5.81. The van der Waals surface area contributed by atoms with Crippen LogP contribution in [0.5, 0.6) is 5.75 Å². The number of likely N-dealkylation sites (tertiary alicyclic amines) is 2. The number of rotatable bonds is 6. The van der Waals surface area contributed by atoms with Crippen LogP contribution < -0.4 is 4.74 Å². The van der Waals surface area contributed by atoms with Crippen LogP contribution in [-0.2, 0) is 37.2 Å². The normalized spacial score (nSPS) is 21.8. The summed E-state index contributed by atoms with van der Waals surface area (Å²) in [5.41, 5.74) is 1.54. The summed E-state index contributed by atoms with van der Waals surface area (Å²) < 4.78 is 74.8. The van der Waals surface area contributed by atoms with Crippen molar-refractivity contribution < 1.29 is 35.9 Å². The van der Waals surface area contributed by atoms with E-state index in [9.17, 15) is 31.2 Å². The van der Waals surface area contributed by atoms with Gasteiger partial charge in [-0.25, -0.2) is 21.6 Å². The highest BCUT2D eigenvalue weighted by atomic mass is 35.5. The zero-order chi connectivity index (χ0) is 32.1. The number of piperidine rings is 1. The SMILES string of the molecule is CC(=O)N1CCC(C(=O)N2CC[C@@]3(S(=O)(=O)c4ccc(F)cc4)c4ccc(OCc5cc(F)c(F)cc5Cl)cc4CC[C@@H]23)CC1. The first kappa shape index (κ1) is 31.4. The van der Waals surface area contributed by atoms with Crippen molar-refractivity contribution in [2.75, 3.05) is 19.6 Å². The van der Waals surface area contributed by atoms with Crippen LogP contribution in [0.1, 0.15) is 49.3 Å². The molecule has 7 nitrogen and oxygen atoms in total. The number of benzene rings is 3. The van der Waals surface area contributed by atoms with Gasteiger partial charge in [-0.3, -0.25) is 9.59 Å². The van der Waals surface area contributed by atoms with Crippen LogP contribution in [0, 0.1) is 23.4 Å². The zero-order valence-corrected chi connectivity index (χ0v) is 26.1. The molecule has 2 atom stereocenters. The van der Waals surface area contributed by atoms with Crippen molar-refractivity contribution in [3.05, 3.63) is 93.8 Å². The minimum atomic E-state index is -4.14. The molecular weight excluding hydrogens is 629 g/mol. The van der Waals surface area contributed by atoms with Crippen LogP contribution in [0.2, 0.25) is 5.02 Å². The first-order valence-electron chi connectivity index (χ1n) is 14.9. The number of fused-ring (bicyclic) bond motifs is 3. The van der Waals surface area contributed by atoms with Crippen LogP contribution in [0.3, 0.4) is 0 Å². The number of amides is 2. The molecule has 0 saturated carbocycles. The second-order valence-electron chi connectivity index (χ2n) is 11.9. The highest BCUT2D eigenvalue weighted by Gasteiger charge is 2.61. The molecule has 6 rings (SSSR count). The summed E-state index contributed by atoms with van der Waals surface area (Å²) in [6, 6.07) is 11.0. The minimum Gasteiger partial charge on any atom is -0.489 e. The maximum absolute atomic E-state index is 14.6. The first-order valence-corrected chi connectivity index (χ1v) is 16.7. The van der Waals surface area contributed by atoms with E-state index in [-0.39, 0.29) is 52.8 Å². The standard InChI is InChI=1S/C33H32ClF3N2O5S/c1-20(40)38-13-10-21(11-14-38)32(41)39-15-12-33(45(42,43)26-6-3-24(35)4-7-26)27-8-5-25(16-22(27)2-9-31(33)39)44-19-23-17-29(36)30(37)18-28(23)34/h3-8,16-18,21,31H,2,9-15,19H2,1H3/t31-,33-/m1/s1. The fraction of sp³-hybridized carbons (Fsp3) is 0.394. The Balaban J connectivity index is 1.34. The highest BCUT2D eigenvalue weighted by Crippen LogP contribution is 2.53. The number of sulfone groups is 1. The van der Waals surface area contributed by atoms with Gasteiger partial charge in [0.1, 0.15) is 22.9 Å². The molecule has 0 spiro atoms. The number of nitrogens with zero attached hydrogens (tertiary/aromatic N) is 2. The number of carbonyl (C=O) groups is 2. The minimum absolute atomic E-state index is 0.0155. The van der Waals surface area contributed by atoms with Crippen molar-refractivity contribution in [2.45, 2.75) is 61.3 Å². The number of carbonyl (C=O) groups excluding carboxylic acids is 2. The van der Waals surface area contributed by atoms with E-state index in [2.05, 4.69) is 0 Å². The quantitative estimate of drug-likeness (QED) is 0.246. The van der Waals surface area contributed by atoms with E-state index in [1.165, 1.54) is 19.1 Å². The van der Waals surface area contributed by atoms with Gasteiger partial charge in [-0.05, 0) is 91.8 Å². The summed E-state index contributed by atoms with van der Waals surface area (Å²) in [7, 11) is -4.14. The summed E-state index contributed by atoms with van der Waals surface area (Å²) in [4.78, 5) is 29.2. The Morgan fingerprint density at radius 3 is 2.33 bits per heavy atom. The topological polar surface area (TPSA) is 84.0 Å². The van der Waals surface area contributed by atoms with Crippen molar-refractivity contribution in [1.29, 1.82) is 0 Å². The molecule has 0 bridgehead atoms. The third kappa shape index (κ3) is 5.48. The van der Waals surface area contributed by atoms with E-state index in [1.54, 1.807) is 28.0 Å². The molecule has 2 saturated heterocycles. The Morgan fingerprint density at radius 1 is 0.956 bits per heavy atom. The molecule has 2 fully saturated rings. The van der Waals surface area contributed by atoms with Gasteiger partial charge in [-0.2, -0.15) is 0 Å². The molecule has 0 N–H and O–H groups in total. The number of hydrogen-bond donors (Lipinski definition) is 0. The van der Waals surface area contributed by atoms with E-state index < -0.39 is 38.1 Å². The molecule has 12 heteroatoms. The molecule has 1 aliphatic carbocycles. The molecule has 2 aliphatic heterocycles. The van der Waals surface area contributed by atoms with Crippen LogP contribution in [-0.4, -0.2) is 55.7 Å². The highest BCUT2D eigenvalue weighted by molar-refractivity contribution is 7.92. The predicted molar refractivity (Wildman–Crippen MR) is 161 cm³/mol. The third-order valence-electron chi connectivity index (χ3n) is 9.52. The lowest BCUT2D eigenvalue weighted by molar-refractivity contribution is -0.141. The Hall–Kier alpha value is -3.57. The molecule has 2 heterocycles. The molecule has 45 heavy (non-hydrogen) atoms. The third-order valence-corrected chi connectivity index (χ3v) is 12.4. The van der Waals surface area contributed by atoms with Gasteiger partial charge in [-0.15, -0.1) is 0 Å². The van der Waals surface area contributed by atoms with Crippen molar-refractivity contribution in [1.82, 2.24) is 9.80 Å². The van der Waals surface area contributed by atoms with Gasteiger partial charge in [0.2, 0.25) is 11.8 Å². The number of halogens is 4. The fourth-order valence-electron chi connectivity index (χ4n) is 7.19. The molecule has 0 unspecified atom stereocenters. The van der Waals surface area contributed by atoms with E-state index in [0.29, 0.717) is 50.1 Å². The van der Waals surface area contributed by atoms with Crippen LogP contribution in [0.4, 0.5) is 13.2 Å². The molecule has 3 aliphatic rings. The summed E-state index contributed by atoms with van der Waals surface area (Å²) in [5.74, 6) is -2.74. The largest absolute Gasteiger partial charge is 0.489 e. The van der Waals surface area contributed by atoms with Gasteiger partial charge in [0, 0.05) is 38.0 Å². The monoisotopic (exact) mass is 660 g/mol. The van der Waals surface area contributed by atoms with Crippen molar-refractivity contribution >= 4 is 33.3 Å². The van der Waals surface area contributed by atoms with Gasteiger partial charge >= 0.3 is 0 Å². The van der Waals surface area contributed by atoms with E-state index in [1.807, 2.05) is 0 Å². The van der Waals surface area contributed by atoms with Crippen molar-refractivity contribution in [3.63, 3.8) is 0 Å². The van der Waals surface area contributed by atoms with Gasteiger partial charge < -0.3 is 14.5 Å². The summed E-state index contributed by atoms with van der Waals surface area (Å²) in [6.07, 6.45) is 2.03. The van der Waals surface area contributed by atoms with E-state index in [0.717, 1.165) is 29.8 Å². The van der Waals surface area contributed by atoms with Gasteiger partial charge in [0.05, 0.1) is 16.0 Å². The van der Waals surface area contributed by atoms with Gasteiger partial charge in [0.15, 0.2) is 21.5 Å². The lowest BCUT2D eigenvalue weighted by Crippen LogP contribution is -2.53. The van der Waals surface area contributed by atoms with Crippen LogP contribution in [0.15, 0.2) is 59.5 Å². The fourth-order valence-corrected chi connectivity index (χ4v) is 9.76. The summed E-state index contributed by atoms with van der Waals surface area (Å²) in [6.45, 7) is 2.56. The summed E-state index contributed by atoms with van der Waals surface area (Å²) in [5, 5.41) is 0.0155. The first-order chi connectivity index (χ1) is 21.4. The average Bonchev–Trinajstić information content (AvgIpc) is 3.43. The number of aryl methyl sites for hydroxylation is 1. The number of hydrogen-bond acceptors (Lipinski definition) is 5. The Kier molecular flexibility index (Phi) is 8.36. The van der Waals surface area contributed by atoms with E-state index in [4.69, 9.17) is 16.3 Å². The maximum atomic E-state index is 14.6. The second kappa shape index (κ2) is 12.0. The lowest BCUT2D eigenvalue weighted by atomic mass is 9.78.